The molecule has 1 unspecified atom stereocenters. The van der Waals surface area contributed by atoms with Gasteiger partial charge >= 0.3 is 69.4 Å². The van der Waals surface area contributed by atoms with Crippen LogP contribution in [0.1, 0.15) is 40.0 Å². The summed E-state index contributed by atoms with van der Waals surface area (Å²) >= 11 is 0.396. The topological polar surface area (TPSA) is 0 Å². The molecule has 0 saturated carbocycles. The van der Waals surface area contributed by atoms with E-state index in [1.54, 1.807) is 4.47 Å². The number of hydrogen-bond acceptors (Lipinski definition) is 0. The Bertz CT molecular complexity index is 52.5. The van der Waals surface area contributed by atoms with Crippen molar-refractivity contribution in [1.82, 2.24) is 0 Å². The monoisotopic (exact) mass is 244 g/mol. The third kappa shape index (κ3) is 6.68. The van der Waals surface area contributed by atoms with Crippen molar-refractivity contribution < 1.29 is 0 Å². The third-order valence-electron chi connectivity index (χ3n) is 1.48. The number of rotatable bonds is 5. The summed E-state index contributed by atoms with van der Waals surface area (Å²) in [6.07, 6.45) is 4.28. The summed E-state index contributed by atoms with van der Waals surface area (Å²) in [4.78, 5) is 0. The summed E-state index contributed by atoms with van der Waals surface area (Å²) in [6, 6.07) is 0. The molecule has 9 heavy (non-hydrogen) atoms. The van der Waals surface area contributed by atoms with Crippen LogP contribution in [0.3, 0.4) is 0 Å². The van der Waals surface area contributed by atoms with Crippen LogP contribution in [0.5, 0.6) is 0 Å². The number of hydrogen-bond donors (Lipinski definition) is 0. The van der Waals surface area contributed by atoms with E-state index in [4.69, 9.17) is 0 Å². The fraction of sp³-hybridized carbons (Fsp3) is 1.00. The molecule has 0 amide bonds. The van der Waals surface area contributed by atoms with Gasteiger partial charge in [0, 0.05) is 0 Å². The minimum atomic E-state index is 0.396. The van der Waals surface area contributed by atoms with Gasteiger partial charge in [-0.3, -0.25) is 0 Å². The summed E-state index contributed by atoms with van der Waals surface area (Å²) in [6.45, 7) is 6.99. The quantitative estimate of drug-likeness (QED) is 0.513. The van der Waals surface area contributed by atoms with E-state index in [2.05, 4.69) is 20.8 Å². The molecule has 0 saturated heterocycles. The Balaban J connectivity index is 2.88. The van der Waals surface area contributed by atoms with Gasteiger partial charge in [0.1, 0.15) is 0 Å². The number of unbranched alkanes of at least 4 members (excludes halogenated alkanes) is 1. The molecular formula is C8H18Te. The molecule has 1 atom stereocenters. The van der Waals surface area contributed by atoms with Crippen molar-refractivity contribution in [3.8, 4) is 0 Å². The molecule has 0 radical (unpaired) electrons. The molecule has 0 spiro atoms. The Morgan fingerprint density at radius 2 is 2.00 bits per heavy atom. The van der Waals surface area contributed by atoms with Gasteiger partial charge in [-0.25, -0.2) is 0 Å². The SMILES string of the molecule is CCCC[Te]C(C)CC. The second-order valence-electron chi connectivity index (χ2n) is 2.44. The zero-order valence-electron chi connectivity index (χ0n) is 6.81. The van der Waals surface area contributed by atoms with Crippen molar-refractivity contribution in [3.05, 3.63) is 0 Å². The average molecular weight is 242 g/mol. The molecule has 0 N–H and O–H groups in total. The molecule has 0 heterocycles. The van der Waals surface area contributed by atoms with E-state index >= 15 is 0 Å². The van der Waals surface area contributed by atoms with Gasteiger partial charge in [0.25, 0.3) is 0 Å². The molecule has 0 fully saturated rings. The second-order valence-corrected chi connectivity index (χ2v) is 6.86. The van der Waals surface area contributed by atoms with Gasteiger partial charge in [0.15, 0.2) is 0 Å². The van der Waals surface area contributed by atoms with Crippen molar-refractivity contribution >= 4 is 20.9 Å². The normalized spacial score (nSPS) is 13.7. The van der Waals surface area contributed by atoms with Gasteiger partial charge in [0.05, 0.1) is 0 Å². The van der Waals surface area contributed by atoms with Gasteiger partial charge in [0.2, 0.25) is 0 Å². The van der Waals surface area contributed by atoms with E-state index < -0.39 is 0 Å². The Hall–Kier alpha value is 0.790. The summed E-state index contributed by atoms with van der Waals surface area (Å²) in [5.74, 6) is 0. The molecule has 0 aromatic heterocycles. The Labute approximate surface area is 69.5 Å². The van der Waals surface area contributed by atoms with Crippen LogP contribution in [0, 0.1) is 0 Å². The first-order valence-corrected chi connectivity index (χ1v) is 6.92. The molecule has 0 aromatic rings. The molecule has 0 nitrogen and oxygen atoms in total. The zero-order chi connectivity index (χ0) is 7.11. The van der Waals surface area contributed by atoms with Crippen molar-refractivity contribution in [2.24, 2.45) is 0 Å². The van der Waals surface area contributed by atoms with Crippen LogP contribution in [-0.4, -0.2) is 20.9 Å². The van der Waals surface area contributed by atoms with Gasteiger partial charge in [-0.2, -0.15) is 0 Å². The zero-order valence-corrected chi connectivity index (χ0v) is 9.14. The first kappa shape index (κ1) is 9.79. The Kier molecular flexibility index (Phi) is 7.51. The molecule has 0 aromatic carbocycles. The van der Waals surface area contributed by atoms with Crippen LogP contribution in [-0.2, 0) is 0 Å². The maximum atomic E-state index is 2.40. The van der Waals surface area contributed by atoms with Gasteiger partial charge in [-0.15, -0.1) is 0 Å². The maximum absolute atomic E-state index is 2.40. The van der Waals surface area contributed by atoms with Crippen molar-refractivity contribution in [2.45, 2.75) is 48.5 Å². The molecule has 1 heteroatoms. The van der Waals surface area contributed by atoms with E-state index in [0.29, 0.717) is 20.9 Å². The predicted molar refractivity (Wildman–Crippen MR) is 45.2 cm³/mol. The minimum absolute atomic E-state index is 0.396. The van der Waals surface area contributed by atoms with Crippen molar-refractivity contribution in [2.75, 3.05) is 0 Å². The molecule has 0 rings (SSSR count). The first-order chi connectivity index (χ1) is 4.31. The summed E-state index contributed by atoms with van der Waals surface area (Å²) in [5.41, 5.74) is 0. The molecule has 56 valence electrons. The Morgan fingerprint density at radius 1 is 1.33 bits per heavy atom. The fourth-order valence-corrected chi connectivity index (χ4v) is 3.67. The first-order valence-electron chi connectivity index (χ1n) is 3.92. The average Bonchev–Trinajstić information content (AvgIpc) is 1.89. The van der Waals surface area contributed by atoms with Crippen LogP contribution in [0.15, 0.2) is 0 Å². The molecule has 0 aliphatic heterocycles. The van der Waals surface area contributed by atoms with E-state index in [9.17, 15) is 0 Å². The molecule has 0 aliphatic rings. The van der Waals surface area contributed by atoms with Gasteiger partial charge in [-0.1, -0.05) is 0 Å². The van der Waals surface area contributed by atoms with Crippen LogP contribution < -0.4 is 0 Å². The fourth-order valence-electron chi connectivity index (χ4n) is 0.547. The van der Waals surface area contributed by atoms with Crippen molar-refractivity contribution in [1.29, 1.82) is 0 Å². The van der Waals surface area contributed by atoms with Crippen LogP contribution in [0.2, 0.25) is 8.43 Å². The van der Waals surface area contributed by atoms with E-state index in [1.807, 2.05) is 0 Å². The summed E-state index contributed by atoms with van der Waals surface area (Å²) < 4.78 is 2.65. The van der Waals surface area contributed by atoms with Gasteiger partial charge < -0.3 is 0 Å². The van der Waals surface area contributed by atoms with Crippen LogP contribution >= 0.6 is 0 Å². The second kappa shape index (κ2) is 6.90. The van der Waals surface area contributed by atoms with Crippen molar-refractivity contribution in [3.63, 3.8) is 0 Å². The van der Waals surface area contributed by atoms with Crippen LogP contribution in [0.25, 0.3) is 0 Å². The molecule has 0 bridgehead atoms. The van der Waals surface area contributed by atoms with E-state index in [1.165, 1.54) is 19.3 Å². The summed E-state index contributed by atoms with van der Waals surface area (Å²) in [5, 5.41) is 0. The standard InChI is InChI=1S/C8H18Te/c1-4-6-7-9-8(3)5-2/h8H,4-7H2,1-3H3. The van der Waals surface area contributed by atoms with Crippen LogP contribution in [0.4, 0.5) is 0 Å². The van der Waals surface area contributed by atoms with E-state index in [-0.39, 0.29) is 0 Å². The Morgan fingerprint density at radius 3 is 2.44 bits per heavy atom. The summed E-state index contributed by atoms with van der Waals surface area (Å²) in [7, 11) is 0. The van der Waals surface area contributed by atoms with E-state index in [0.717, 1.165) is 3.97 Å². The predicted octanol–water partition coefficient (Wildman–Crippen LogP) is 3.13. The molecular weight excluding hydrogens is 224 g/mol. The van der Waals surface area contributed by atoms with Gasteiger partial charge in [-0.05, 0) is 0 Å². The third-order valence-corrected chi connectivity index (χ3v) is 5.55. The molecule has 0 aliphatic carbocycles.